The molecule has 0 aromatic heterocycles. The Morgan fingerprint density at radius 3 is 2.75 bits per heavy atom. The van der Waals surface area contributed by atoms with E-state index < -0.39 is 17.8 Å². The standard InChI is InChI=1S/C14H21FN2O3/c1-4-6-20-13-8-12(11(16)7-10(13)15)17-9(3)14(18)19-5-2/h7-9,17H,4-6,16H2,1-3H3. The number of ether oxygens (including phenoxy) is 2. The summed E-state index contributed by atoms with van der Waals surface area (Å²) in [5.74, 6) is -0.808. The van der Waals surface area contributed by atoms with Crippen LogP contribution < -0.4 is 15.8 Å². The van der Waals surface area contributed by atoms with Crippen molar-refractivity contribution in [3.63, 3.8) is 0 Å². The van der Waals surface area contributed by atoms with Crippen LogP contribution in [0.1, 0.15) is 27.2 Å². The second-order valence-electron chi connectivity index (χ2n) is 4.34. The number of anilines is 2. The van der Waals surface area contributed by atoms with Crippen LogP contribution in [0, 0.1) is 5.82 Å². The maximum absolute atomic E-state index is 13.6. The zero-order valence-corrected chi connectivity index (χ0v) is 12.0. The first-order valence-corrected chi connectivity index (χ1v) is 6.64. The Kier molecular flexibility index (Phi) is 6.09. The van der Waals surface area contributed by atoms with E-state index in [9.17, 15) is 9.18 Å². The lowest BCUT2D eigenvalue weighted by Gasteiger charge is -2.17. The van der Waals surface area contributed by atoms with Crippen LogP contribution in [-0.2, 0) is 9.53 Å². The summed E-state index contributed by atoms with van der Waals surface area (Å²) in [7, 11) is 0. The summed E-state index contributed by atoms with van der Waals surface area (Å²) in [5, 5.41) is 2.89. The summed E-state index contributed by atoms with van der Waals surface area (Å²) >= 11 is 0. The number of rotatable bonds is 7. The van der Waals surface area contributed by atoms with E-state index in [1.54, 1.807) is 13.8 Å². The molecule has 0 saturated carbocycles. The van der Waals surface area contributed by atoms with Crippen molar-refractivity contribution >= 4 is 17.3 Å². The molecule has 0 aliphatic heterocycles. The normalized spacial score (nSPS) is 11.8. The van der Waals surface area contributed by atoms with E-state index in [0.717, 1.165) is 6.42 Å². The van der Waals surface area contributed by atoms with Gasteiger partial charge in [-0.1, -0.05) is 6.92 Å². The Labute approximate surface area is 118 Å². The number of carbonyl (C=O) groups is 1. The van der Waals surface area contributed by atoms with Crippen molar-refractivity contribution in [2.45, 2.75) is 33.2 Å². The first-order chi connectivity index (χ1) is 9.49. The monoisotopic (exact) mass is 284 g/mol. The molecule has 1 atom stereocenters. The van der Waals surface area contributed by atoms with Crippen LogP contribution in [0.2, 0.25) is 0 Å². The second-order valence-corrected chi connectivity index (χ2v) is 4.34. The Morgan fingerprint density at radius 2 is 2.15 bits per heavy atom. The lowest BCUT2D eigenvalue weighted by molar-refractivity contribution is -0.143. The van der Waals surface area contributed by atoms with Gasteiger partial charge in [-0.05, 0) is 20.3 Å². The number of nitrogens with two attached hydrogens (primary N) is 1. The summed E-state index contributed by atoms with van der Waals surface area (Å²) in [5.41, 5.74) is 6.38. The van der Waals surface area contributed by atoms with Crippen LogP contribution in [0.15, 0.2) is 12.1 Å². The molecule has 0 fully saturated rings. The summed E-state index contributed by atoms with van der Waals surface area (Å²) in [6.45, 7) is 6.01. The van der Waals surface area contributed by atoms with Gasteiger partial charge in [0.05, 0.1) is 24.6 Å². The average molecular weight is 284 g/mol. The summed E-state index contributed by atoms with van der Waals surface area (Å²) in [6, 6.07) is 2.04. The first-order valence-electron chi connectivity index (χ1n) is 6.64. The van der Waals surface area contributed by atoms with Crippen LogP contribution in [0.25, 0.3) is 0 Å². The quantitative estimate of drug-likeness (QED) is 0.594. The third-order valence-corrected chi connectivity index (χ3v) is 2.58. The smallest absolute Gasteiger partial charge is 0.328 e. The topological polar surface area (TPSA) is 73.6 Å². The number of halogens is 1. The van der Waals surface area contributed by atoms with Crippen LogP contribution in [-0.4, -0.2) is 25.2 Å². The number of esters is 1. The third-order valence-electron chi connectivity index (χ3n) is 2.58. The highest BCUT2D eigenvalue weighted by Crippen LogP contribution is 2.29. The van der Waals surface area contributed by atoms with Crippen LogP contribution in [0.3, 0.4) is 0 Å². The molecule has 3 N–H and O–H groups in total. The molecule has 0 bridgehead atoms. The Bertz CT molecular complexity index is 466. The Hall–Kier alpha value is -1.98. The van der Waals surface area contributed by atoms with Gasteiger partial charge in [-0.3, -0.25) is 0 Å². The van der Waals surface area contributed by atoms with Crippen molar-refractivity contribution in [2.75, 3.05) is 24.3 Å². The minimum atomic E-state index is -0.582. The zero-order valence-electron chi connectivity index (χ0n) is 12.0. The minimum absolute atomic E-state index is 0.111. The van der Waals surface area contributed by atoms with E-state index in [4.69, 9.17) is 15.2 Å². The van der Waals surface area contributed by atoms with Gasteiger partial charge in [0, 0.05) is 12.1 Å². The molecule has 1 rings (SSSR count). The minimum Gasteiger partial charge on any atom is -0.490 e. The molecule has 20 heavy (non-hydrogen) atoms. The van der Waals surface area contributed by atoms with E-state index in [0.29, 0.717) is 18.9 Å². The lowest BCUT2D eigenvalue weighted by atomic mass is 10.2. The molecular weight excluding hydrogens is 263 g/mol. The summed E-state index contributed by atoms with van der Waals surface area (Å²) < 4.78 is 23.8. The van der Waals surface area contributed by atoms with Gasteiger partial charge in [-0.2, -0.15) is 0 Å². The van der Waals surface area contributed by atoms with Gasteiger partial charge < -0.3 is 20.5 Å². The molecule has 0 amide bonds. The fraction of sp³-hybridized carbons (Fsp3) is 0.500. The molecule has 0 radical (unpaired) electrons. The van der Waals surface area contributed by atoms with Crippen LogP contribution in [0.5, 0.6) is 5.75 Å². The van der Waals surface area contributed by atoms with Crippen molar-refractivity contribution < 1.29 is 18.7 Å². The second kappa shape index (κ2) is 7.57. The molecule has 0 aliphatic rings. The van der Waals surface area contributed by atoms with Gasteiger partial charge >= 0.3 is 5.97 Å². The maximum atomic E-state index is 13.6. The van der Waals surface area contributed by atoms with Gasteiger partial charge in [-0.25, -0.2) is 9.18 Å². The molecule has 5 nitrogen and oxygen atoms in total. The number of hydrogen-bond donors (Lipinski definition) is 2. The van der Waals surface area contributed by atoms with Gasteiger partial charge in [-0.15, -0.1) is 0 Å². The maximum Gasteiger partial charge on any atom is 0.328 e. The van der Waals surface area contributed by atoms with Gasteiger partial charge in [0.25, 0.3) is 0 Å². The summed E-state index contributed by atoms with van der Waals surface area (Å²) in [6.07, 6.45) is 0.770. The molecule has 6 heteroatoms. The van der Waals surface area contributed by atoms with Crippen molar-refractivity contribution in [1.82, 2.24) is 0 Å². The van der Waals surface area contributed by atoms with E-state index in [1.807, 2.05) is 6.92 Å². The molecular formula is C14H21FN2O3. The van der Waals surface area contributed by atoms with Crippen molar-refractivity contribution in [3.05, 3.63) is 17.9 Å². The number of hydrogen-bond acceptors (Lipinski definition) is 5. The zero-order chi connectivity index (χ0) is 15.1. The molecule has 0 spiro atoms. The molecule has 0 aliphatic carbocycles. The molecule has 1 unspecified atom stereocenters. The Balaban J connectivity index is 2.86. The summed E-state index contributed by atoms with van der Waals surface area (Å²) in [4.78, 5) is 11.6. The van der Waals surface area contributed by atoms with Crippen molar-refractivity contribution in [2.24, 2.45) is 0 Å². The van der Waals surface area contributed by atoms with E-state index in [2.05, 4.69) is 5.32 Å². The predicted molar refractivity (Wildman–Crippen MR) is 76.3 cm³/mol. The fourth-order valence-electron chi connectivity index (χ4n) is 1.58. The largest absolute Gasteiger partial charge is 0.490 e. The molecule has 1 aromatic rings. The molecule has 1 aromatic carbocycles. The number of carbonyl (C=O) groups excluding carboxylic acids is 1. The first kappa shape index (κ1) is 16.1. The highest BCUT2D eigenvalue weighted by atomic mass is 19.1. The average Bonchev–Trinajstić information content (AvgIpc) is 2.40. The van der Waals surface area contributed by atoms with Gasteiger partial charge in [0.15, 0.2) is 11.6 Å². The van der Waals surface area contributed by atoms with E-state index in [1.165, 1.54) is 12.1 Å². The van der Waals surface area contributed by atoms with Crippen LogP contribution in [0.4, 0.5) is 15.8 Å². The van der Waals surface area contributed by atoms with E-state index >= 15 is 0 Å². The highest BCUT2D eigenvalue weighted by Gasteiger charge is 2.16. The van der Waals surface area contributed by atoms with Crippen molar-refractivity contribution in [1.29, 1.82) is 0 Å². The number of benzene rings is 1. The van der Waals surface area contributed by atoms with Crippen molar-refractivity contribution in [3.8, 4) is 5.75 Å². The predicted octanol–water partition coefficient (Wildman–Crippen LogP) is 2.56. The molecule has 112 valence electrons. The number of nitrogen functional groups attached to an aromatic ring is 1. The third kappa shape index (κ3) is 4.29. The lowest BCUT2D eigenvalue weighted by Crippen LogP contribution is -2.28. The fourth-order valence-corrected chi connectivity index (χ4v) is 1.58. The molecule has 0 heterocycles. The van der Waals surface area contributed by atoms with Gasteiger partial charge in [0.1, 0.15) is 6.04 Å². The Morgan fingerprint density at radius 1 is 1.45 bits per heavy atom. The SMILES string of the molecule is CCCOc1cc(NC(C)C(=O)OCC)c(N)cc1F. The van der Waals surface area contributed by atoms with E-state index in [-0.39, 0.29) is 11.4 Å². The molecule has 0 saturated heterocycles. The highest BCUT2D eigenvalue weighted by molar-refractivity contribution is 5.81. The van der Waals surface area contributed by atoms with Crippen LogP contribution >= 0.6 is 0 Å². The van der Waals surface area contributed by atoms with Gasteiger partial charge in [0.2, 0.25) is 0 Å². The number of nitrogens with one attached hydrogen (secondary N) is 1.